The van der Waals surface area contributed by atoms with Crippen molar-refractivity contribution in [3.8, 4) is 11.5 Å². The molecule has 1 aromatic heterocycles. The Balaban J connectivity index is 1.76. The van der Waals surface area contributed by atoms with Crippen molar-refractivity contribution in [3.63, 3.8) is 0 Å². The topological polar surface area (TPSA) is 65.7 Å². The highest BCUT2D eigenvalue weighted by Gasteiger charge is 2.13. The maximum atomic E-state index is 13.1. The third kappa shape index (κ3) is 3.80. The number of hydrogen-bond acceptors (Lipinski definition) is 5. The first-order chi connectivity index (χ1) is 13.7. The summed E-state index contributed by atoms with van der Waals surface area (Å²) in [5.41, 5.74) is 1.34. The van der Waals surface area contributed by atoms with E-state index in [2.05, 4.69) is 32.9 Å². The van der Waals surface area contributed by atoms with E-state index in [9.17, 15) is 4.79 Å². The molecule has 2 heterocycles. The Labute approximate surface area is 170 Å². The standard InChI is InChI=1S/C21H20BrN3O3/c1-2-3-4-20-24-17-7-6-15(22)12-16(17)21(26)25(20)23-13-14-5-8-18-19(11-14)28-10-9-27-18/h5-8,11-13H,2-4,9-10H2,1H3. The largest absolute Gasteiger partial charge is 0.486 e. The van der Waals surface area contributed by atoms with Gasteiger partial charge in [0, 0.05) is 10.9 Å². The first-order valence-corrected chi connectivity index (χ1v) is 10.1. The van der Waals surface area contributed by atoms with Crippen LogP contribution in [0.25, 0.3) is 10.9 Å². The van der Waals surface area contributed by atoms with Crippen LogP contribution in [-0.4, -0.2) is 29.1 Å². The second-order valence-corrected chi connectivity index (χ2v) is 7.47. The van der Waals surface area contributed by atoms with Gasteiger partial charge in [-0.25, -0.2) is 4.98 Å². The highest BCUT2D eigenvalue weighted by molar-refractivity contribution is 9.10. The molecule has 0 aliphatic carbocycles. The summed E-state index contributed by atoms with van der Waals surface area (Å²) in [6.07, 6.45) is 4.30. The molecule has 4 rings (SSSR count). The van der Waals surface area contributed by atoms with Crippen molar-refractivity contribution in [2.45, 2.75) is 26.2 Å². The average Bonchev–Trinajstić information content (AvgIpc) is 2.72. The van der Waals surface area contributed by atoms with Crippen molar-refractivity contribution in [1.82, 2.24) is 9.66 Å². The minimum absolute atomic E-state index is 0.175. The smallest absolute Gasteiger partial charge is 0.282 e. The van der Waals surface area contributed by atoms with Crippen LogP contribution in [0.1, 0.15) is 31.2 Å². The predicted octanol–water partition coefficient (Wildman–Crippen LogP) is 4.16. The number of fused-ring (bicyclic) bond motifs is 2. The van der Waals surface area contributed by atoms with Gasteiger partial charge >= 0.3 is 0 Å². The van der Waals surface area contributed by atoms with Crippen LogP contribution >= 0.6 is 15.9 Å². The fourth-order valence-electron chi connectivity index (χ4n) is 3.08. The molecule has 2 aromatic carbocycles. The van der Waals surface area contributed by atoms with Gasteiger partial charge in [-0.05, 0) is 48.4 Å². The van der Waals surface area contributed by atoms with Gasteiger partial charge in [-0.2, -0.15) is 9.78 Å². The molecule has 0 spiro atoms. The number of nitrogens with zero attached hydrogens (tertiary/aromatic N) is 3. The van der Waals surface area contributed by atoms with E-state index in [0.717, 1.165) is 28.6 Å². The zero-order valence-electron chi connectivity index (χ0n) is 15.5. The van der Waals surface area contributed by atoms with Crippen LogP contribution in [-0.2, 0) is 6.42 Å². The zero-order valence-corrected chi connectivity index (χ0v) is 17.1. The van der Waals surface area contributed by atoms with Gasteiger partial charge in [0.2, 0.25) is 0 Å². The molecule has 0 radical (unpaired) electrons. The van der Waals surface area contributed by atoms with Crippen molar-refractivity contribution in [2.75, 3.05) is 13.2 Å². The van der Waals surface area contributed by atoms with E-state index in [1.54, 1.807) is 12.3 Å². The predicted molar refractivity (Wildman–Crippen MR) is 113 cm³/mol. The molecule has 0 unspecified atom stereocenters. The summed E-state index contributed by atoms with van der Waals surface area (Å²) in [7, 11) is 0. The number of benzene rings is 2. The van der Waals surface area contributed by atoms with Gasteiger partial charge in [0.1, 0.15) is 19.0 Å². The summed E-state index contributed by atoms with van der Waals surface area (Å²) in [5, 5.41) is 5.00. The summed E-state index contributed by atoms with van der Waals surface area (Å²) < 4.78 is 13.4. The minimum Gasteiger partial charge on any atom is -0.486 e. The van der Waals surface area contributed by atoms with E-state index in [4.69, 9.17) is 9.47 Å². The van der Waals surface area contributed by atoms with Gasteiger partial charge in [-0.1, -0.05) is 29.3 Å². The summed E-state index contributed by atoms with van der Waals surface area (Å²) in [6, 6.07) is 11.1. The highest BCUT2D eigenvalue weighted by atomic mass is 79.9. The van der Waals surface area contributed by atoms with Gasteiger partial charge in [-0.3, -0.25) is 4.79 Å². The summed E-state index contributed by atoms with van der Waals surface area (Å²) in [4.78, 5) is 17.7. The maximum absolute atomic E-state index is 13.1. The van der Waals surface area contributed by atoms with Gasteiger partial charge < -0.3 is 9.47 Å². The summed E-state index contributed by atoms with van der Waals surface area (Å²) >= 11 is 3.42. The molecule has 7 heteroatoms. The molecule has 0 amide bonds. The van der Waals surface area contributed by atoms with E-state index < -0.39 is 0 Å². The minimum atomic E-state index is -0.175. The van der Waals surface area contributed by atoms with Crippen LogP contribution in [0.5, 0.6) is 11.5 Å². The van der Waals surface area contributed by atoms with Gasteiger partial charge in [0.05, 0.1) is 17.1 Å². The number of hydrogen-bond donors (Lipinski definition) is 0. The summed E-state index contributed by atoms with van der Waals surface area (Å²) in [5.74, 6) is 2.08. The summed E-state index contributed by atoms with van der Waals surface area (Å²) in [6.45, 7) is 3.19. The normalized spacial score (nSPS) is 13.4. The fourth-order valence-corrected chi connectivity index (χ4v) is 3.44. The van der Waals surface area contributed by atoms with Crippen molar-refractivity contribution in [2.24, 2.45) is 5.10 Å². The zero-order chi connectivity index (χ0) is 19.5. The van der Waals surface area contributed by atoms with Crippen LogP contribution in [0.15, 0.2) is 50.8 Å². The molecule has 0 bridgehead atoms. The van der Waals surface area contributed by atoms with E-state index in [-0.39, 0.29) is 5.56 Å². The van der Waals surface area contributed by atoms with Crippen molar-refractivity contribution in [3.05, 3.63) is 62.6 Å². The fraction of sp³-hybridized carbons (Fsp3) is 0.286. The number of ether oxygens (including phenoxy) is 2. The average molecular weight is 442 g/mol. The molecule has 0 fully saturated rings. The Kier molecular flexibility index (Phi) is 5.43. The van der Waals surface area contributed by atoms with Crippen molar-refractivity contribution in [1.29, 1.82) is 0 Å². The number of aromatic nitrogens is 2. The van der Waals surface area contributed by atoms with E-state index in [0.29, 0.717) is 42.1 Å². The Morgan fingerprint density at radius 1 is 1.18 bits per heavy atom. The molecule has 6 nitrogen and oxygen atoms in total. The lowest BCUT2D eigenvalue weighted by atomic mass is 10.2. The maximum Gasteiger partial charge on any atom is 0.282 e. The van der Waals surface area contributed by atoms with Crippen molar-refractivity contribution < 1.29 is 9.47 Å². The van der Waals surface area contributed by atoms with Gasteiger partial charge in [0.15, 0.2) is 11.5 Å². The molecule has 28 heavy (non-hydrogen) atoms. The Morgan fingerprint density at radius 2 is 2.00 bits per heavy atom. The van der Waals surface area contributed by atoms with E-state index in [1.165, 1.54) is 4.68 Å². The molecular formula is C21H20BrN3O3. The van der Waals surface area contributed by atoms with Gasteiger partial charge in [0.25, 0.3) is 5.56 Å². The van der Waals surface area contributed by atoms with E-state index in [1.807, 2.05) is 30.3 Å². The second kappa shape index (κ2) is 8.14. The quantitative estimate of drug-likeness (QED) is 0.557. The lowest BCUT2D eigenvalue weighted by Gasteiger charge is -2.18. The number of rotatable bonds is 5. The molecule has 0 saturated heterocycles. The third-order valence-corrected chi connectivity index (χ3v) is 5.01. The number of halogens is 1. The first-order valence-electron chi connectivity index (χ1n) is 9.31. The molecule has 0 N–H and O–H groups in total. The molecular weight excluding hydrogens is 422 g/mol. The molecule has 3 aromatic rings. The molecule has 0 atom stereocenters. The second-order valence-electron chi connectivity index (χ2n) is 6.56. The lowest BCUT2D eigenvalue weighted by molar-refractivity contribution is 0.171. The van der Waals surface area contributed by atoms with Crippen LogP contribution in [0, 0.1) is 0 Å². The Morgan fingerprint density at radius 3 is 2.82 bits per heavy atom. The van der Waals surface area contributed by atoms with Crippen LogP contribution in [0.4, 0.5) is 0 Å². The SMILES string of the molecule is CCCCc1nc2ccc(Br)cc2c(=O)n1N=Cc1ccc2c(c1)OCCO2. The lowest BCUT2D eigenvalue weighted by Crippen LogP contribution is -2.22. The molecule has 144 valence electrons. The highest BCUT2D eigenvalue weighted by Crippen LogP contribution is 2.30. The number of unbranched alkanes of at least 4 members (excludes halogenated alkanes) is 1. The molecule has 1 aliphatic rings. The van der Waals surface area contributed by atoms with Crippen LogP contribution in [0.3, 0.4) is 0 Å². The van der Waals surface area contributed by atoms with Crippen LogP contribution < -0.4 is 15.0 Å². The van der Waals surface area contributed by atoms with Gasteiger partial charge in [-0.15, -0.1) is 0 Å². The Hall–Kier alpha value is -2.67. The van der Waals surface area contributed by atoms with E-state index >= 15 is 0 Å². The first kappa shape index (κ1) is 18.7. The monoisotopic (exact) mass is 441 g/mol. The number of aryl methyl sites for hydroxylation is 1. The molecule has 0 saturated carbocycles. The molecule has 1 aliphatic heterocycles. The van der Waals surface area contributed by atoms with Crippen molar-refractivity contribution >= 4 is 33.0 Å². The Bertz CT molecular complexity index is 1110. The van der Waals surface area contributed by atoms with Crippen LogP contribution in [0.2, 0.25) is 0 Å². The third-order valence-electron chi connectivity index (χ3n) is 4.52.